The summed E-state index contributed by atoms with van der Waals surface area (Å²) in [6.07, 6.45) is 0.329. The number of carbonyl (C=O) groups is 2. The van der Waals surface area contributed by atoms with Crippen molar-refractivity contribution in [1.29, 1.82) is 0 Å². The molecule has 0 saturated carbocycles. The maximum absolute atomic E-state index is 10.2. The van der Waals surface area contributed by atoms with Crippen molar-refractivity contribution in [1.82, 2.24) is 0 Å². The van der Waals surface area contributed by atoms with Crippen LogP contribution in [-0.2, 0) is 35.4 Å². The van der Waals surface area contributed by atoms with Gasteiger partial charge in [0, 0.05) is 39.2 Å². The Bertz CT molecular complexity index is 98.6. The SMILES string of the molecule is CCC(=O)C(C)=O.[Hf]. The van der Waals surface area contributed by atoms with Crippen molar-refractivity contribution in [2.45, 2.75) is 20.3 Å². The van der Waals surface area contributed by atoms with E-state index in [4.69, 9.17) is 0 Å². The fraction of sp³-hybridized carbons (Fsp3) is 0.600. The minimum atomic E-state index is -0.345. The molecule has 2 nitrogen and oxygen atoms in total. The van der Waals surface area contributed by atoms with E-state index in [9.17, 15) is 9.59 Å². The van der Waals surface area contributed by atoms with Crippen molar-refractivity contribution < 1.29 is 35.4 Å². The predicted molar refractivity (Wildman–Crippen MR) is 26.0 cm³/mol. The topological polar surface area (TPSA) is 34.1 Å². The molecule has 3 heteroatoms. The van der Waals surface area contributed by atoms with Crippen molar-refractivity contribution in [3.8, 4) is 0 Å². The van der Waals surface area contributed by atoms with Gasteiger partial charge in [0.15, 0.2) is 11.6 Å². The van der Waals surface area contributed by atoms with E-state index < -0.39 is 0 Å². The summed E-state index contributed by atoms with van der Waals surface area (Å²) in [6.45, 7) is 2.95. The average Bonchev–Trinajstić information content (AvgIpc) is 1.65. The van der Waals surface area contributed by atoms with Crippen molar-refractivity contribution in [2.75, 3.05) is 0 Å². The van der Waals surface area contributed by atoms with Crippen LogP contribution in [0.2, 0.25) is 0 Å². The summed E-state index contributed by atoms with van der Waals surface area (Å²) in [5, 5.41) is 0. The fourth-order valence-corrected chi connectivity index (χ4v) is 0.249. The van der Waals surface area contributed by atoms with Crippen LogP contribution in [0, 0.1) is 0 Å². The first-order valence-corrected chi connectivity index (χ1v) is 2.22. The summed E-state index contributed by atoms with van der Waals surface area (Å²) in [4.78, 5) is 20.2. The van der Waals surface area contributed by atoms with Gasteiger partial charge in [-0.1, -0.05) is 6.92 Å². The van der Waals surface area contributed by atoms with Crippen molar-refractivity contribution in [3.05, 3.63) is 0 Å². The quantitative estimate of drug-likeness (QED) is 0.546. The fourth-order valence-electron chi connectivity index (χ4n) is 0.249. The standard InChI is InChI=1S/C5H8O2.Hf/c1-3-5(7)4(2)6;/h3H2,1-2H3;. The second-order valence-electron chi connectivity index (χ2n) is 1.33. The molecule has 0 aliphatic carbocycles. The molecule has 0 aliphatic heterocycles. The first-order valence-electron chi connectivity index (χ1n) is 2.22. The first kappa shape index (κ1) is 11.1. The minimum absolute atomic E-state index is 0. The third-order valence-corrected chi connectivity index (χ3v) is 0.714. The van der Waals surface area contributed by atoms with Gasteiger partial charge in [-0.2, -0.15) is 0 Å². The molecule has 0 fully saturated rings. The number of ketones is 2. The van der Waals surface area contributed by atoms with Gasteiger partial charge >= 0.3 is 0 Å². The van der Waals surface area contributed by atoms with E-state index in [0.717, 1.165) is 0 Å². The molecule has 0 N–H and O–H groups in total. The van der Waals surface area contributed by atoms with E-state index in [1.165, 1.54) is 6.92 Å². The Morgan fingerprint density at radius 1 is 1.38 bits per heavy atom. The molecule has 0 atom stereocenters. The maximum Gasteiger partial charge on any atom is 0.197 e. The molecule has 0 aromatic heterocycles. The molecular weight excluding hydrogens is 271 g/mol. The van der Waals surface area contributed by atoms with E-state index >= 15 is 0 Å². The third-order valence-electron chi connectivity index (χ3n) is 0.714. The monoisotopic (exact) mass is 280 g/mol. The largest absolute Gasteiger partial charge is 0.291 e. The summed E-state index contributed by atoms with van der Waals surface area (Å²) < 4.78 is 0. The molecule has 8 heavy (non-hydrogen) atoms. The first-order chi connectivity index (χ1) is 3.18. The zero-order chi connectivity index (χ0) is 5.86. The Balaban J connectivity index is 0. The summed E-state index contributed by atoms with van der Waals surface area (Å²) >= 11 is 0. The Labute approximate surface area is 67.4 Å². The van der Waals surface area contributed by atoms with Crippen LogP contribution in [0.4, 0.5) is 0 Å². The molecule has 0 rings (SSSR count). The van der Waals surface area contributed by atoms with Crippen LogP contribution >= 0.6 is 0 Å². The van der Waals surface area contributed by atoms with Crippen molar-refractivity contribution in [3.63, 3.8) is 0 Å². The molecule has 0 aliphatic rings. The van der Waals surface area contributed by atoms with Crippen LogP contribution in [0.3, 0.4) is 0 Å². The molecule has 0 radical (unpaired) electrons. The molecule has 0 aromatic rings. The normalized spacial score (nSPS) is 7.25. The van der Waals surface area contributed by atoms with Crippen molar-refractivity contribution >= 4 is 11.6 Å². The van der Waals surface area contributed by atoms with Crippen LogP contribution < -0.4 is 0 Å². The van der Waals surface area contributed by atoms with Crippen molar-refractivity contribution in [2.24, 2.45) is 0 Å². The second-order valence-corrected chi connectivity index (χ2v) is 1.33. The van der Waals surface area contributed by atoms with Gasteiger partial charge in [-0.3, -0.25) is 9.59 Å². The summed E-state index contributed by atoms with van der Waals surface area (Å²) in [6, 6.07) is 0. The molecule has 0 aromatic carbocycles. The zero-order valence-corrected chi connectivity index (χ0v) is 8.62. The van der Waals surface area contributed by atoms with E-state index in [1.807, 2.05) is 0 Å². The van der Waals surface area contributed by atoms with Gasteiger partial charge in [0.25, 0.3) is 0 Å². The molecule has 0 amide bonds. The Hall–Kier alpha value is 0.210. The number of carbonyl (C=O) groups excluding carboxylic acids is 2. The van der Waals surface area contributed by atoms with Gasteiger partial charge in [-0.15, -0.1) is 0 Å². The number of rotatable bonds is 2. The molecule has 0 bridgehead atoms. The van der Waals surface area contributed by atoms with E-state index in [2.05, 4.69) is 0 Å². The molecule has 0 spiro atoms. The van der Waals surface area contributed by atoms with Gasteiger partial charge < -0.3 is 0 Å². The Morgan fingerprint density at radius 3 is 1.75 bits per heavy atom. The molecule has 0 heterocycles. The van der Waals surface area contributed by atoms with Gasteiger partial charge in [0.05, 0.1) is 0 Å². The van der Waals surface area contributed by atoms with E-state index in [-0.39, 0.29) is 37.4 Å². The van der Waals surface area contributed by atoms with Gasteiger partial charge in [-0.25, -0.2) is 0 Å². The summed E-state index contributed by atoms with van der Waals surface area (Å²) in [7, 11) is 0. The second kappa shape index (κ2) is 5.35. The van der Waals surface area contributed by atoms with Gasteiger partial charge in [-0.05, 0) is 0 Å². The van der Waals surface area contributed by atoms with Crippen LogP contribution in [0.25, 0.3) is 0 Å². The van der Waals surface area contributed by atoms with Crippen LogP contribution in [0.1, 0.15) is 20.3 Å². The third kappa shape index (κ3) is 4.37. The number of Topliss-reactive ketones (excluding diaryl/α,β-unsaturated/α-hetero) is 2. The van der Waals surface area contributed by atoms with Gasteiger partial charge in [0.2, 0.25) is 0 Å². The summed E-state index contributed by atoms with van der Waals surface area (Å²) in [5.41, 5.74) is 0. The smallest absolute Gasteiger partial charge is 0.197 e. The van der Waals surface area contributed by atoms with Crippen LogP contribution in [0.15, 0.2) is 0 Å². The Morgan fingerprint density at radius 2 is 1.75 bits per heavy atom. The van der Waals surface area contributed by atoms with Crippen LogP contribution in [0.5, 0.6) is 0 Å². The van der Waals surface area contributed by atoms with Gasteiger partial charge in [0.1, 0.15) is 0 Å². The number of hydrogen-bond acceptors (Lipinski definition) is 2. The molecule has 0 saturated heterocycles. The number of hydrogen-bond donors (Lipinski definition) is 0. The summed E-state index contributed by atoms with van der Waals surface area (Å²) in [5.74, 6) is -0.637. The molecule has 44 valence electrons. The maximum atomic E-state index is 10.2. The molecular formula is C5H8HfO2. The van der Waals surface area contributed by atoms with E-state index in [1.54, 1.807) is 6.92 Å². The van der Waals surface area contributed by atoms with Crippen LogP contribution in [-0.4, -0.2) is 11.6 Å². The Kier molecular flexibility index (Phi) is 7.40. The molecule has 0 unspecified atom stereocenters. The average molecular weight is 279 g/mol. The van der Waals surface area contributed by atoms with E-state index in [0.29, 0.717) is 6.42 Å². The zero-order valence-electron chi connectivity index (χ0n) is 5.02. The minimum Gasteiger partial charge on any atom is -0.291 e. The predicted octanol–water partition coefficient (Wildman–Crippen LogP) is 0.552.